The number of carbonyl (C=O) groups excluding carboxylic acids is 1. The van der Waals surface area contributed by atoms with Gasteiger partial charge in [-0.3, -0.25) is 4.68 Å². The average Bonchev–Trinajstić information content (AvgIpc) is 3.35. The summed E-state index contributed by atoms with van der Waals surface area (Å²) in [6.07, 6.45) is 5.65. The highest BCUT2D eigenvalue weighted by molar-refractivity contribution is 5.91. The number of amides is 2. The summed E-state index contributed by atoms with van der Waals surface area (Å²) in [7, 11) is 1.89. The van der Waals surface area contributed by atoms with Crippen molar-refractivity contribution < 1.29 is 4.79 Å². The van der Waals surface area contributed by atoms with Gasteiger partial charge < -0.3 is 10.6 Å². The van der Waals surface area contributed by atoms with Crippen LogP contribution in [0.15, 0.2) is 73.2 Å². The molecule has 2 aromatic carbocycles. The number of hydrogen-bond donors (Lipinski definition) is 2. The van der Waals surface area contributed by atoms with E-state index in [9.17, 15) is 4.79 Å². The van der Waals surface area contributed by atoms with Gasteiger partial charge in [-0.15, -0.1) is 0 Å². The summed E-state index contributed by atoms with van der Waals surface area (Å²) in [6.45, 7) is 2.33. The fourth-order valence-electron chi connectivity index (χ4n) is 3.19. The fraction of sp³-hybridized carbons (Fsp3) is 0.136. The number of nitrogens with one attached hydrogen (secondary N) is 2. The zero-order valence-corrected chi connectivity index (χ0v) is 16.3. The summed E-state index contributed by atoms with van der Waals surface area (Å²) in [6, 6.07) is 17.2. The lowest BCUT2D eigenvalue weighted by molar-refractivity contribution is 0.251. The molecule has 0 aliphatic rings. The number of aryl methyl sites for hydroxylation is 2. The Morgan fingerprint density at radius 1 is 1.07 bits per heavy atom. The van der Waals surface area contributed by atoms with Crippen LogP contribution in [0.25, 0.3) is 16.8 Å². The Labute approximate surface area is 169 Å². The predicted octanol–water partition coefficient (Wildman–Crippen LogP) is 3.90. The van der Waals surface area contributed by atoms with E-state index < -0.39 is 0 Å². The number of rotatable bonds is 5. The van der Waals surface area contributed by atoms with Crippen molar-refractivity contribution in [1.82, 2.24) is 24.9 Å². The zero-order valence-electron chi connectivity index (χ0n) is 16.3. The lowest BCUT2D eigenvalue weighted by atomic mass is 10.0. The van der Waals surface area contributed by atoms with Crippen LogP contribution in [0.4, 0.5) is 10.5 Å². The van der Waals surface area contributed by atoms with Crippen molar-refractivity contribution >= 4 is 11.7 Å². The molecule has 0 unspecified atom stereocenters. The molecule has 0 aliphatic heterocycles. The van der Waals surface area contributed by atoms with Gasteiger partial charge in [-0.25, -0.2) is 9.48 Å². The molecule has 0 bridgehead atoms. The highest BCUT2D eigenvalue weighted by atomic mass is 16.2. The third kappa shape index (κ3) is 4.19. The standard InChI is InChI=1S/C22H22N6O/c1-16-11-12-28(26-16)21-10-6-5-9-20(21)25-22(29)23-13-17-7-3-4-8-19(17)18-14-24-27(2)15-18/h3-12,14-15H,13H2,1-2H3,(H2,23,25,29). The quantitative estimate of drug-likeness (QED) is 0.546. The van der Waals surface area contributed by atoms with Gasteiger partial charge in [0.15, 0.2) is 0 Å². The van der Waals surface area contributed by atoms with Crippen molar-refractivity contribution in [2.45, 2.75) is 13.5 Å². The molecule has 0 radical (unpaired) electrons. The molecule has 0 spiro atoms. The van der Waals surface area contributed by atoms with Gasteiger partial charge in [0.2, 0.25) is 0 Å². The molecular formula is C22H22N6O. The van der Waals surface area contributed by atoms with Crippen molar-refractivity contribution in [2.75, 3.05) is 5.32 Å². The molecular weight excluding hydrogens is 364 g/mol. The Morgan fingerprint density at radius 3 is 2.62 bits per heavy atom. The number of para-hydroxylation sites is 2. The maximum atomic E-state index is 12.6. The van der Waals surface area contributed by atoms with Gasteiger partial charge in [-0.2, -0.15) is 10.2 Å². The minimum Gasteiger partial charge on any atom is -0.334 e. The van der Waals surface area contributed by atoms with Gasteiger partial charge in [0.1, 0.15) is 0 Å². The molecule has 7 nitrogen and oxygen atoms in total. The number of nitrogens with zero attached hydrogens (tertiary/aromatic N) is 4. The lowest BCUT2D eigenvalue weighted by Gasteiger charge is -2.13. The normalized spacial score (nSPS) is 10.7. The largest absolute Gasteiger partial charge is 0.334 e. The molecule has 0 saturated carbocycles. The number of carbonyl (C=O) groups is 1. The van der Waals surface area contributed by atoms with Gasteiger partial charge in [0.05, 0.1) is 23.3 Å². The van der Waals surface area contributed by atoms with Crippen LogP contribution >= 0.6 is 0 Å². The van der Waals surface area contributed by atoms with Crippen molar-refractivity contribution in [3.63, 3.8) is 0 Å². The van der Waals surface area contributed by atoms with Crippen LogP contribution in [0, 0.1) is 6.92 Å². The summed E-state index contributed by atoms with van der Waals surface area (Å²) >= 11 is 0. The first-order valence-electron chi connectivity index (χ1n) is 9.33. The van der Waals surface area contributed by atoms with Crippen LogP contribution in [-0.2, 0) is 13.6 Å². The monoisotopic (exact) mass is 386 g/mol. The molecule has 2 aromatic heterocycles. The maximum Gasteiger partial charge on any atom is 0.319 e. The molecule has 2 amide bonds. The first-order valence-corrected chi connectivity index (χ1v) is 9.33. The van der Waals surface area contributed by atoms with E-state index in [2.05, 4.69) is 20.8 Å². The van der Waals surface area contributed by atoms with Gasteiger partial charge in [0, 0.05) is 31.5 Å². The Kier molecular flexibility index (Phi) is 5.11. The number of urea groups is 1. The second-order valence-corrected chi connectivity index (χ2v) is 6.79. The van der Waals surface area contributed by atoms with E-state index in [4.69, 9.17) is 0 Å². The SMILES string of the molecule is Cc1ccn(-c2ccccc2NC(=O)NCc2ccccc2-c2cnn(C)c2)n1. The topological polar surface area (TPSA) is 76.8 Å². The van der Waals surface area contributed by atoms with Gasteiger partial charge in [-0.05, 0) is 36.2 Å². The van der Waals surface area contributed by atoms with Crippen LogP contribution in [0.1, 0.15) is 11.3 Å². The Balaban J connectivity index is 1.47. The first kappa shape index (κ1) is 18.5. The van der Waals surface area contributed by atoms with Crippen LogP contribution in [-0.4, -0.2) is 25.6 Å². The second kappa shape index (κ2) is 8.02. The van der Waals surface area contributed by atoms with E-state index in [0.29, 0.717) is 12.2 Å². The third-order valence-electron chi connectivity index (χ3n) is 4.59. The van der Waals surface area contributed by atoms with E-state index >= 15 is 0 Å². The third-order valence-corrected chi connectivity index (χ3v) is 4.59. The van der Waals surface area contributed by atoms with Crippen LogP contribution in [0.5, 0.6) is 0 Å². The summed E-state index contributed by atoms with van der Waals surface area (Å²) < 4.78 is 3.52. The average molecular weight is 386 g/mol. The van der Waals surface area contributed by atoms with Gasteiger partial charge in [0.25, 0.3) is 0 Å². The maximum absolute atomic E-state index is 12.6. The number of anilines is 1. The highest BCUT2D eigenvalue weighted by Crippen LogP contribution is 2.23. The van der Waals surface area contributed by atoms with E-state index in [1.54, 1.807) is 9.36 Å². The summed E-state index contributed by atoms with van der Waals surface area (Å²) in [5, 5.41) is 14.5. The van der Waals surface area contributed by atoms with Gasteiger partial charge >= 0.3 is 6.03 Å². The van der Waals surface area contributed by atoms with Crippen LogP contribution in [0.2, 0.25) is 0 Å². The summed E-state index contributed by atoms with van der Waals surface area (Å²) in [5.74, 6) is 0. The highest BCUT2D eigenvalue weighted by Gasteiger charge is 2.11. The first-order chi connectivity index (χ1) is 14.1. The Hall–Kier alpha value is -3.87. The van der Waals surface area contributed by atoms with Crippen LogP contribution < -0.4 is 10.6 Å². The van der Waals surface area contributed by atoms with Crippen molar-refractivity contribution in [2.24, 2.45) is 7.05 Å². The molecule has 0 fully saturated rings. The van der Waals surface area contributed by atoms with Crippen molar-refractivity contribution in [3.8, 4) is 16.8 Å². The molecule has 29 heavy (non-hydrogen) atoms. The zero-order chi connectivity index (χ0) is 20.2. The number of hydrogen-bond acceptors (Lipinski definition) is 3. The molecule has 4 aromatic rings. The predicted molar refractivity (Wildman–Crippen MR) is 113 cm³/mol. The van der Waals surface area contributed by atoms with Crippen molar-refractivity contribution in [1.29, 1.82) is 0 Å². The van der Waals surface area contributed by atoms with Crippen molar-refractivity contribution in [3.05, 3.63) is 84.4 Å². The molecule has 0 atom stereocenters. The Morgan fingerprint density at radius 2 is 1.86 bits per heavy atom. The molecule has 7 heteroatoms. The lowest BCUT2D eigenvalue weighted by Crippen LogP contribution is -2.28. The van der Waals surface area contributed by atoms with E-state index in [1.165, 1.54) is 0 Å². The van der Waals surface area contributed by atoms with E-state index in [1.807, 2.05) is 87.2 Å². The minimum atomic E-state index is -0.276. The molecule has 2 heterocycles. The molecule has 2 N–H and O–H groups in total. The van der Waals surface area contributed by atoms with Gasteiger partial charge in [-0.1, -0.05) is 36.4 Å². The van der Waals surface area contributed by atoms with E-state index in [-0.39, 0.29) is 6.03 Å². The summed E-state index contributed by atoms with van der Waals surface area (Å²) in [5.41, 5.74) is 5.50. The number of aromatic nitrogens is 4. The smallest absolute Gasteiger partial charge is 0.319 e. The minimum absolute atomic E-state index is 0.276. The van der Waals surface area contributed by atoms with Crippen LogP contribution in [0.3, 0.4) is 0 Å². The number of benzene rings is 2. The molecule has 146 valence electrons. The molecule has 0 aliphatic carbocycles. The molecule has 0 saturated heterocycles. The second-order valence-electron chi connectivity index (χ2n) is 6.79. The van der Waals surface area contributed by atoms with E-state index in [0.717, 1.165) is 28.1 Å². The fourth-order valence-corrected chi connectivity index (χ4v) is 3.19. The molecule has 4 rings (SSSR count). The Bertz CT molecular complexity index is 1140. The summed E-state index contributed by atoms with van der Waals surface area (Å²) in [4.78, 5) is 12.6.